The van der Waals surface area contributed by atoms with Gasteiger partial charge in [0.1, 0.15) is 5.37 Å². The second-order valence-electron chi connectivity index (χ2n) is 4.34. The molecule has 0 saturated carbocycles. The highest BCUT2D eigenvalue weighted by Crippen LogP contribution is 2.49. The Labute approximate surface area is 105 Å². The third-order valence-electron chi connectivity index (χ3n) is 3.26. The molecule has 1 aromatic heterocycles. The number of thioether (sulfide) groups is 1. The van der Waals surface area contributed by atoms with Crippen molar-refractivity contribution in [3.63, 3.8) is 0 Å². The summed E-state index contributed by atoms with van der Waals surface area (Å²) in [5, 5.41) is 9.96. The van der Waals surface area contributed by atoms with Gasteiger partial charge >= 0.3 is 0 Å². The van der Waals surface area contributed by atoms with E-state index in [0.29, 0.717) is 5.37 Å². The summed E-state index contributed by atoms with van der Waals surface area (Å²) in [5.41, 5.74) is 3.80. The molecule has 88 valence electrons. The summed E-state index contributed by atoms with van der Waals surface area (Å²) >= 11 is 1.83. The fraction of sp³-hybridized carbons (Fsp3) is 0.286. The van der Waals surface area contributed by atoms with E-state index in [1.807, 2.05) is 17.8 Å². The van der Waals surface area contributed by atoms with Crippen molar-refractivity contribution < 1.29 is 5.11 Å². The second-order valence-corrected chi connectivity index (χ2v) is 5.63. The molecule has 0 radical (unpaired) electrons. The monoisotopic (exact) mass is 245 g/mol. The van der Waals surface area contributed by atoms with Crippen molar-refractivity contribution in [3.8, 4) is 0 Å². The van der Waals surface area contributed by atoms with E-state index in [1.165, 1.54) is 17.0 Å². The molecule has 0 amide bonds. The number of fused-ring (bicyclic) bond motifs is 1. The van der Waals surface area contributed by atoms with Crippen molar-refractivity contribution in [1.82, 2.24) is 4.57 Å². The van der Waals surface area contributed by atoms with Crippen LogP contribution in [0.4, 0.5) is 0 Å². The first-order chi connectivity index (χ1) is 8.31. The summed E-state index contributed by atoms with van der Waals surface area (Å²) in [6.07, 6.45) is 0. The summed E-state index contributed by atoms with van der Waals surface area (Å²) in [5.74, 6) is 0. The van der Waals surface area contributed by atoms with Crippen LogP contribution in [-0.4, -0.2) is 16.3 Å². The molecule has 0 aliphatic carbocycles. The highest BCUT2D eigenvalue weighted by Gasteiger charge is 2.32. The van der Waals surface area contributed by atoms with Crippen molar-refractivity contribution in [1.29, 1.82) is 0 Å². The van der Waals surface area contributed by atoms with Crippen LogP contribution in [0.5, 0.6) is 0 Å². The molecule has 1 aromatic carbocycles. The molecule has 1 aliphatic heterocycles. The highest BCUT2D eigenvalue weighted by molar-refractivity contribution is 8.00. The lowest BCUT2D eigenvalue weighted by atomic mass is 10.2. The molecule has 3 heteroatoms. The molecular weight excluding hydrogens is 230 g/mol. The minimum atomic E-state index is 0.203. The molecule has 0 saturated heterocycles. The fourth-order valence-electron chi connectivity index (χ4n) is 2.42. The molecule has 2 unspecified atom stereocenters. The number of aliphatic hydroxyl groups is 1. The minimum Gasteiger partial charge on any atom is -0.395 e. The lowest BCUT2D eigenvalue weighted by molar-refractivity contribution is 0.295. The Morgan fingerprint density at radius 3 is 2.65 bits per heavy atom. The summed E-state index contributed by atoms with van der Waals surface area (Å²) in [4.78, 5) is 0. The molecular formula is C14H15NOS. The Hall–Kier alpha value is -1.19. The molecule has 2 nitrogen and oxygen atoms in total. The minimum absolute atomic E-state index is 0.203. The number of nitrogens with zero attached hydrogens (tertiary/aromatic N) is 1. The van der Waals surface area contributed by atoms with Crippen LogP contribution in [0.2, 0.25) is 0 Å². The van der Waals surface area contributed by atoms with E-state index >= 15 is 0 Å². The Balaban J connectivity index is 2.07. The summed E-state index contributed by atoms with van der Waals surface area (Å²) < 4.78 is 2.33. The van der Waals surface area contributed by atoms with Crippen LogP contribution in [-0.2, 0) is 0 Å². The molecule has 2 aromatic rings. The van der Waals surface area contributed by atoms with Crippen LogP contribution in [0.3, 0.4) is 0 Å². The molecule has 1 N–H and O–H groups in total. The first-order valence-corrected chi connectivity index (χ1v) is 6.74. The van der Waals surface area contributed by atoms with E-state index in [4.69, 9.17) is 0 Å². The van der Waals surface area contributed by atoms with E-state index in [1.54, 1.807) is 0 Å². The van der Waals surface area contributed by atoms with Gasteiger partial charge < -0.3 is 9.67 Å². The SMILES string of the molecule is Cc1ccc2n1C(c1ccccc1)SC2CO. The summed E-state index contributed by atoms with van der Waals surface area (Å²) in [6, 6.07) is 14.7. The molecule has 0 bridgehead atoms. The van der Waals surface area contributed by atoms with Crippen LogP contribution in [0.25, 0.3) is 0 Å². The van der Waals surface area contributed by atoms with Gasteiger partial charge in [0.15, 0.2) is 0 Å². The molecule has 2 heterocycles. The largest absolute Gasteiger partial charge is 0.395 e. The first kappa shape index (κ1) is 10.9. The molecule has 3 rings (SSSR count). The highest BCUT2D eigenvalue weighted by atomic mass is 32.2. The van der Waals surface area contributed by atoms with Gasteiger partial charge in [-0.2, -0.15) is 0 Å². The van der Waals surface area contributed by atoms with Gasteiger partial charge in [-0.1, -0.05) is 30.3 Å². The number of rotatable bonds is 2. The maximum atomic E-state index is 9.45. The van der Waals surface area contributed by atoms with E-state index < -0.39 is 0 Å². The topological polar surface area (TPSA) is 25.2 Å². The molecule has 0 spiro atoms. The molecule has 1 aliphatic rings. The van der Waals surface area contributed by atoms with Gasteiger partial charge in [-0.25, -0.2) is 0 Å². The van der Waals surface area contributed by atoms with Crippen molar-refractivity contribution in [3.05, 3.63) is 59.4 Å². The zero-order valence-electron chi connectivity index (χ0n) is 9.71. The van der Waals surface area contributed by atoms with Crippen LogP contribution in [0, 0.1) is 6.92 Å². The third-order valence-corrected chi connectivity index (χ3v) is 4.72. The van der Waals surface area contributed by atoms with E-state index in [9.17, 15) is 5.11 Å². The third kappa shape index (κ3) is 1.70. The van der Waals surface area contributed by atoms with Gasteiger partial charge in [-0.05, 0) is 24.6 Å². The van der Waals surface area contributed by atoms with Gasteiger partial charge in [0.25, 0.3) is 0 Å². The van der Waals surface area contributed by atoms with Gasteiger partial charge in [0.2, 0.25) is 0 Å². The van der Waals surface area contributed by atoms with E-state index in [-0.39, 0.29) is 11.9 Å². The Bertz CT molecular complexity index is 520. The van der Waals surface area contributed by atoms with Crippen molar-refractivity contribution >= 4 is 11.8 Å². The van der Waals surface area contributed by atoms with Crippen LogP contribution >= 0.6 is 11.8 Å². The number of hydrogen-bond donors (Lipinski definition) is 1. The zero-order chi connectivity index (χ0) is 11.8. The zero-order valence-corrected chi connectivity index (χ0v) is 10.5. The van der Waals surface area contributed by atoms with Crippen LogP contribution in [0.1, 0.15) is 27.6 Å². The number of aryl methyl sites for hydroxylation is 1. The first-order valence-electron chi connectivity index (χ1n) is 5.80. The average molecular weight is 245 g/mol. The van der Waals surface area contributed by atoms with Crippen molar-refractivity contribution in [2.24, 2.45) is 0 Å². The maximum absolute atomic E-state index is 9.45. The van der Waals surface area contributed by atoms with E-state index in [0.717, 1.165) is 0 Å². The number of hydrogen-bond acceptors (Lipinski definition) is 2. The van der Waals surface area contributed by atoms with Crippen LogP contribution in [0.15, 0.2) is 42.5 Å². The number of aliphatic hydroxyl groups excluding tert-OH is 1. The smallest absolute Gasteiger partial charge is 0.105 e. The number of aromatic nitrogens is 1. The normalized spacial score (nSPS) is 22.7. The Morgan fingerprint density at radius 1 is 1.18 bits per heavy atom. The average Bonchev–Trinajstić information content (AvgIpc) is 2.92. The van der Waals surface area contributed by atoms with Gasteiger partial charge in [0, 0.05) is 11.4 Å². The Morgan fingerprint density at radius 2 is 1.94 bits per heavy atom. The Kier molecular flexibility index (Phi) is 2.73. The second kappa shape index (κ2) is 4.24. The predicted molar refractivity (Wildman–Crippen MR) is 71.2 cm³/mol. The predicted octanol–water partition coefficient (Wildman–Crippen LogP) is 3.12. The maximum Gasteiger partial charge on any atom is 0.105 e. The summed E-state index contributed by atoms with van der Waals surface area (Å²) in [7, 11) is 0. The van der Waals surface area contributed by atoms with Crippen LogP contribution < -0.4 is 0 Å². The van der Waals surface area contributed by atoms with Crippen molar-refractivity contribution in [2.75, 3.05) is 6.61 Å². The van der Waals surface area contributed by atoms with Crippen molar-refractivity contribution in [2.45, 2.75) is 17.5 Å². The number of benzene rings is 1. The molecule has 17 heavy (non-hydrogen) atoms. The summed E-state index contributed by atoms with van der Waals surface area (Å²) in [6.45, 7) is 2.33. The van der Waals surface area contributed by atoms with Gasteiger partial charge in [-0.15, -0.1) is 11.8 Å². The molecule has 2 atom stereocenters. The fourth-order valence-corrected chi connectivity index (χ4v) is 3.87. The lowest BCUT2D eigenvalue weighted by Gasteiger charge is -2.15. The van der Waals surface area contributed by atoms with Gasteiger partial charge in [0.05, 0.1) is 11.9 Å². The van der Waals surface area contributed by atoms with Gasteiger partial charge in [-0.3, -0.25) is 0 Å². The standard InChI is InChI=1S/C14H15NOS/c1-10-7-8-12-13(9-16)17-14(15(10)12)11-5-3-2-4-6-11/h2-8,13-14,16H,9H2,1H3. The molecule has 0 fully saturated rings. The van der Waals surface area contributed by atoms with E-state index in [2.05, 4.69) is 47.9 Å². The lowest BCUT2D eigenvalue weighted by Crippen LogP contribution is -2.04. The quantitative estimate of drug-likeness (QED) is 0.879.